The molecule has 14 heteroatoms. The van der Waals surface area contributed by atoms with Crippen molar-refractivity contribution in [3.05, 3.63) is 56.2 Å². The van der Waals surface area contributed by atoms with Crippen molar-refractivity contribution < 1.29 is 26.5 Å². The summed E-state index contributed by atoms with van der Waals surface area (Å²) in [7, 11) is -4.06. The topological polar surface area (TPSA) is 114 Å². The molecule has 0 atom stereocenters. The fraction of sp³-hybridized carbons (Fsp3) is 0.312. The molecule has 0 amide bonds. The number of nitro benzene ring substituents is 1. The number of rotatable bonds is 9. The third-order valence-electron chi connectivity index (χ3n) is 3.77. The van der Waals surface area contributed by atoms with E-state index in [1.807, 2.05) is 0 Å². The molecule has 0 bridgehead atoms. The van der Waals surface area contributed by atoms with Gasteiger partial charge in [-0.15, -0.1) is 0 Å². The summed E-state index contributed by atoms with van der Waals surface area (Å²) in [6, 6.07) is 3.84. The van der Waals surface area contributed by atoms with Crippen molar-refractivity contribution in [3.63, 3.8) is 0 Å². The Morgan fingerprint density at radius 3 is 2.37 bits per heavy atom. The van der Waals surface area contributed by atoms with Gasteiger partial charge in [0.1, 0.15) is 10.7 Å². The molecule has 0 fully saturated rings. The van der Waals surface area contributed by atoms with Crippen molar-refractivity contribution in [1.82, 2.24) is 9.71 Å². The van der Waals surface area contributed by atoms with Gasteiger partial charge in [0.05, 0.1) is 20.5 Å². The number of benzene rings is 1. The molecule has 0 aliphatic carbocycles. The van der Waals surface area contributed by atoms with Crippen LogP contribution in [0.2, 0.25) is 10.0 Å². The molecule has 30 heavy (non-hydrogen) atoms. The molecular formula is C16H15Cl2F3N4O4S. The second kappa shape index (κ2) is 9.77. The first-order valence-corrected chi connectivity index (χ1v) is 10.6. The minimum absolute atomic E-state index is 0.0111. The fourth-order valence-electron chi connectivity index (χ4n) is 2.28. The Balaban J connectivity index is 1.84. The predicted octanol–water partition coefficient (Wildman–Crippen LogP) is 4.49. The fourth-order valence-corrected chi connectivity index (χ4v) is 4.10. The van der Waals surface area contributed by atoms with Crippen LogP contribution in [0.5, 0.6) is 0 Å². The van der Waals surface area contributed by atoms with Crippen molar-refractivity contribution in [2.45, 2.75) is 23.9 Å². The third kappa shape index (κ3) is 6.42. The predicted molar refractivity (Wildman–Crippen MR) is 105 cm³/mol. The number of hydrogen-bond donors (Lipinski definition) is 2. The lowest BCUT2D eigenvalue weighted by Gasteiger charge is -2.11. The van der Waals surface area contributed by atoms with Crippen LogP contribution in [0.1, 0.15) is 18.4 Å². The van der Waals surface area contributed by atoms with Crippen molar-refractivity contribution in [2.24, 2.45) is 0 Å². The number of nitro groups is 1. The maximum Gasteiger partial charge on any atom is 0.417 e. The highest BCUT2D eigenvalue weighted by Crippen LogP contribution is 2.32. The molecule has 2 N–H and O–H groups in total. The highest BCUT2D eigenvalue weighted by Gasteiger charge is 2.31. The van der Waals surface area contributed by atoms with Crippen LogP contribution in [-0.4, -0.2) is 31.4 Å². The highest BCUT2D eigenvalue weighted by molar-refractivity contribution is 7.89. The summed E-state index contributed by atoms with van der Waals surface area (Å²) in [6.07, 6.45) is -3.10. The summed E-state index contributed by atoms with van der Waals surface area (Å²) in [5.41, 5.74) is -1.38. The second-order valence-electron chi connectivity index (χ2n) is 5.96. The van der Waals surface area contributed by atoms with Gasteiger partial charge < -0.3 is 5.32 Å². The van der Waals surface area contributed by atoms with E-state index in [1.165, 1.54) is 0 Å². The Morgan fingerprint density at radius 1 is 1.10 bits per heavy atom. The zero-order valence-corrected chi connectivity index (χ0v) is 17.4. The number of pyridine rings is 1. The third-order valence-corrected chi connectivity index (χ3v) is 6.00. The summed E-state index contributed by atoms with van der Waals surface area (Å²) >= 11 is 11.6. The number of halogens is 5. The number of alkyl halides is 3. The van der Waals surface area contributed by atoms with Crippen molar-refractivity contribution in [2.75, 3.05) is 18.4 Å². The van der Waals surface area contributed by atoms with Crippen LogP contribution < -0.4 is 10.0 Å². The standard InChI is InChI=1S/C16H15Cl2F3N4O4S/c17-12-4-3-11(25(26)27)8-14(12)30(28,29)24-6-2-1-5-22-15-13(18)7-10(9-23-15)16(19,20)21/h3-4,7-9,24H,1-2,5-6H2,(H,22,23). The summed E-state index contributed by atoms with van der Waals surface area (Å²) in [5, 5.41) is 13.2. The van der Waals surface area contributed by atoms with Crippen LogP contribution in [0.25, 0.3) is 0 Å². The normalized spacial score (nSPS) is 12.0. The molecular weight excluding hydrogens is 472 g/mol. The van der Waals surface area contributed by atoms with Crippen LogP contribution in [-0.2, 0) is 16.2 Å². The number of nitrogens with one attached hydrogen (secondary N) is 2. The Kier molecular flexibility index (Phi) is 7.86. The van der Waals surface area contributed by atoms with E-state index in [1.54, 1.807) is 0 Å². The van der Waals surface area contributed by atoms with Crippen molar-refractivity contribution >= 4 is 44.7 Å². The average molecular weight is 487 g/mol. The number of sulfonamides is 1. The number of anilines is 1. The molecule has 0 saturated heterocycles. The number of non-ortho nitro benzene ring substituents is 1. The first-order valence-electron chi connectivity index (χ1n) is 8.32. The van der Waals surface area contributed by atoms with E-state index in [2.05, 4.69) is 15.0 Å². The first kappa shape index (κ1) is 24.1. The maximum atomic E-state index is 12.6. The van der Waals surface area contributed by atoms with E-state index in [9.17, 15) is 31.7 Å². The molecule has 0 spiro atoms. The molecule has 0 radical (unpaired) electrons. The molecule has 8 nitrogen and oxygen atoms in total. The Labute approximate surface area is 179 Å². The summed E-state index contributed by atoms with van der Waals surface area (Å²) in [6.45, 7) is 0.286. The Bertz CT molecular complexity index is 1040. The van der Waals surface area contributed by atoms with Gasteiger partial charge in [-0.3, -0.25) is 10.1 Å². The minimum atomic E-state index is -4.55. The molecule has 2 rings (SSSR count). The Hall–Kier alpha value is -2.15. The van der Waals surface area contributed by atoms with Gasteiger partial charge in [0.25, 0.3) is 5.69 Å². The zero-order valence-electron chi connectivity index (χ0n) is 15.0. The lowest BCUT2D eigenvalue weighted by molar-refractivity contribution is -0.385. The molecule has 0 aliphatic rings. The Morgan fingerprint density at radius 2 is 1.77 bits per heavy atom. The van der Waals surface area contributed by atoms with E-state index in [0.29, 0.717) is 19.0 Å². The smallest absolute Gasteiger partial charge is 0.369 e. The number of nitrogens with zero attached hydrogens (tertiary/aromatic N) is 2. The van der Waals surface area contributed by atoms with Crippen LogP contribution in [0, 0.1) is 10.1 Å². The lowest BCUT2D eigenvalue weighted by atomic mass is 10.2. The van der Waals surface area contributed by atoms with Gasteiger partial charge in [0, 0.05) is 31.4 Å². The van der Waals surface area contributed by atoms with E-state index >= 15 is 0 Å². The number of unbranched alkanes of at least 4 members (excludes halogenated alkanes) is 1. The van der Waals surface area contributed by atoms with Gasteiger partial charge in [0.2, 0.25) is 10.0 Å². The van der Waals surface area contributed by atoms with Gasteiger partial charge >= 0.3 is 6.18 Å². The van der Waals surface area contributed by atoms with Gasteiger partial charge in [-0.1, -0.05) is 23.2 Å². The molecule has 1 aromatic heterocycles. The molecule has 0 saturated carbocycles. The SMILES string of the molecule is O=[N+]([O-])c1ccc(Cl)c(S(=O)(=O)NCCCCNc2ncc(C(F)(F)F)cc2Cl)c1. The van der Waals surface area contributed by atoms with E-state index in [0.717, 1.165) is 24.3 Å². The van der Waals surface area contributed by atoms with Gasteiger partial charge in [-0.2, -0.15) is 13.2 Å². The minimum Gasteiger partial charge on any atom is -0.369 e. The van der Waals surface area contributed by atoms with Gasteiger partial charge in [0.15, 0.2) is 0 Å². The van der Waals surface area contributed by atoms with Crippen LogP contribution in [0.15, 0.2) is 35.4 Å². The number of hydrogen-bond acceptors (Lipinski definition) is 6. The quantitative estimate of drug-likeness (QED) is 0.306. The van der Waals surface area contributed by atoms with Gasteiger partial charge in [-0.25, -0.2) is 18.1 Å². The zero-order chi connectivity index (χ0) is 22.5. The van der Waals surface area contributed by atoms with Crippen molar-refractivity contribution in [3.8, 4) is 0 Å². The highest BCUT2D eigenvalue weighted by atomic mass is 35.5. The van der Waals surface area contributed by atoms with E-state index in [4.69, 9.17) is 23.2 Å². The first-order chi connectivity index (χ1) is 13.9. The van der Waals surface area contributed by atoms with E-state index in [-0.39, 0.29) is 29.0 Å². The van der Waals surface area contributed by atoms with E-state index < -0.39 is 37.3 Å². The molecule has 0 aliphatic heterocycles. The van der Waals surface area contributed by atoms with Crippen LogP contribution in [0.3, 0.4) is 0 Å². The largest absolute Gasteiger partial charge is 0.417 e. The van der Waals surface area contributed by atoms with Crippen molar-refractivity contribution in [1.29, 1.82) is 0 Å². The maximum absolute atomic E-state index is 12.6. The molecule has 1 heterocycles. The molecule has 1 aromatic carbocycles. The molecule has 0 unspecified atom stereocenters. The summed E-state index contributed by atoms with van der Waals surface area (Å²) in [4.78, 5) is 13.3. The lowest BCUT2D eigenvalue weighted by Crippen LogP contribution is -2.25. The second-order valence-corrected chi connectivity index (χ2v) is 8.51. The molecule has 2 aromatic rings. The summed E-state index contributed by atoms with van der Waals surface area (Å²) in [5.74, 6) is 0.0774. The molecule has 164 valence electrons. The summed E-state index contributed by atoms with van der Waals surface area (Å²) < 4.78 is 64.6. The number of aromatic nitrogens is 1. The van der Waals surface area contributed by atoms with Crippen LogP contribution in [0.4, 0.5) is 24.7 Å². The average Bonchev–Trinajstić information content (AvgIpc) is 2.64. The van der Waals surface area contributed by atoms with Crippen LogP contribution >= 0.6 is 23.2 Å². The monoisotopic (exact) mass is 486 g/mol. The van der Waals surface area contributed by atoms with Gasteiger partial charge in [-0.05, 0) is 25.0 Å².